The van der Waals surface area contributed by atoms with Crippen LogP contribution < -0.4 is 0 Å². The molecule has 2 aliphatic carbocycles. The summed E-state index contributed by atoms with van der Waals surface area (Å²) >= 11 is 0. The van der Waals surface area contributed by atoms with Crippen LogP contribution in [0.3, 0.4) is 0 Å². The molecule has 5 unspecified atom stereocenters. The zero-order valence-corrected chi connectivity index (χ0v) is 17.5. The normalized spacial score (nSPS) is 29.1. The van der Waals surface area contributed by atoms with E-state index in [1.165, 1.54) is 0 Å². The number of rotatable bonds is 9. The van der Waals surface area contributed by atoms with E-state index in [1.807, 2.05) is 0 Å². The molecule has 180 valence electrons. The van der Waals surface area contributed by atoms with Gasteiger partial charge < -0.3 is 23.5 Å². The van der Waals surface area contributed by atoms with E-state index in [4.69, 9.17) is 9.47 Å². The maximum atomic E-state index is 12.9. The second-order valence-corrected chi connectivity index (χ2v) is 9.44. The van der Waals surface area contributed by atoms with Gasteiger partial charge in [0.2, 0.25) is 0 Å². The van der Waals surface area contributed by atoms with Gasteiger partial charge in [-0.25, -0.2) is 13.2 Å². The molecule has 5 atom stereocenters. The van der Waals surface area contributed by atoms with Gasteiger partial charge in [-0.3, -0.25) is 14.4 Å². The lowest BCUT2D eigenvalue weighted by atomic mass is 9.67. The van der Waals surface area contributed by atoms with Crippen molar-refractivity contribution in [3.8, 4) is 0 Å². The van der Waals surface area contributed by atoms with Gasteiger partial charge in [-0.2, -0.15) is 8.78 Å². The van der Waals surface area contributed by atoms with E-state index in [0.29, 0.717) is 18.8 Å². The lowest BCUT2D eigenvalue weighted by molar-refractivity contribution is -0.173. The van der Waals surface area contributed by atoms with Crippen molar-refractivity contribution in [3.63, 3.8) is 0 Å². The van der Waals surface area contributed by atoms with Crippen LogP contribution in [-0.2, 0) is 48.2 Å². The summed E-state index contributed by atoms with van der Waals surface area (Å²) in [6.45, 7) is -1.61. The Morgan fingerprint density at radius 3 is 2.38 bits per heavy atom. The van der Waals surface area contributed by atoms with Gasteiger partial charge in [-0.05, 0) is 31.6 Å². The van der Waals surface area contributed by atoms with Gasteiger partial charge in [-0.1, -0.05) is 0 Å². The summed E-state index contributed by atoms with van der Waals surface area (Å²) in [6.07, 6.45) is 1.03. The number of carbonyl (C=O) groups is 4. The third-order valence-electron chi connectivity index (χ3n) is 5.77. The molecule has 2 aliphatic heterocycles. The van der Waals surface area contributed by atoms with E-state index in [9.17, 15) is 40.9 Å². The predicted molar refractivity (Wildman–Crippen MR) is 94.5 cm³/mol. The minimum absolute atomic E-state index is 0.0191. The van der Waals surface area contributed by atoms with Crippen LogP contribution in [0.1, 0.15) is 38.5 Å². The number of ether oxygens (including phenoxy) is 4. The van der Waals surface area contributed by atoms with E-state index in [0.717, 1.165) is 12.8 Å². The summed E-state index contributed by atoms with van der Waals surface area (Å²) in [6, 6.07) is 0. The second-order valence-electron chi connectivity index (χ2n) is 8.02. The summed E-state index contributed by atoms with van der Waals surface area (Å²) in [5, 5.41) is -5.26. The second kappa shape index (κ2) is 9.25. The number of halogens is 2. The molecular formula is C18H21F2O11S-. The molecular weight excluding hydrogens is 462 g/mol. The molecule has 0 amide bonds. The van der Waals surface area contributed by atoms with Gasteiger partial charge in [-0.15, -0.1) is 0 Å². The Balaban J connectivity index is 1.36. The van der Waals surface area contributed by atoms with Crippen molar-refractivity contribution in [1.82, 2.24) is 0 Å². The van der Waals surface area contributed by atoms with E-state index in [-0.39, 0.29) is 24.2 Å². The highest BCUT2D eigenvalue weighted by atomic mass is 32.2. The summed E-state index contributed by atoms with van der Waals surface area (Å²) < 4.78 is 76.1. The van der Waals surface area contributed by atoms with Crippen LogP contribution in [0.5, 0.6) is 0 Å². The van der Waals surface area contributed by atoms with Crippen molar-refractivity contribution in [2.45, 2.75) is 56.0 Å². The molecule has 2 heterocycles. The van der Waals surface area contributed by atoms with Crippen LogP contribution in [0, 0.1) is 17.8 Å². The highest BCUT2D eigenvalue weighted by Crippen LogP contribution is 2.48. The van der Waals surface area contributed by atoms with Crippen molar-refractivity contribution in [2.24, 2.45) is 17.8 Å². The van der Waals surface area contributed by atoms with Gasteiger partial charge in [0.25, 0.3) is 0 Å². The number of carbonyl (C=O) groups excluding carboxylic acids is 4. The Morgan fingerprint density at radius 1 is 1.03 bits per heavy atom. The molecule has 4 fully saturated rings. The largest absolute Gasteiger partial charge is 0.743 e. The van der Waals surface area contributed by atoms with Crippen LogP contribution in [0.25, 0.3) is 0 Å². The number of fused-ring (bicyclic) bond motifs is 1. The summed E-state index contributed by atoms with van der Waals surface area (Å²) in [4.78, 5) is 46.8. The van der Waals surface area contributed by atoms with Crippen molar-refractivity contribution in [1.29, 1.82) is 0 Å². The molecule has 2 saturated carbocycles. The lowest BCUT2D eigenvalue weighted by Crippen LogP contribution is -2.45. The fourth-order valence-corrected chi connectivity index (χ4v) is 4.66. The SMILES string of the molecule is O=C(CCC(=O)OC1C2CC3CC(C2)C(=O)OC1C3)OCCOC(=O)C(F)(F)S(=O)(=O)[O-]. The standard InChI is InChI=1S/C18H22F2O11S/c19-18(20,32(25,26)27)17(24)29-4-3-28-13(21)1-2-14(22)31-15-10-5-9-6-11(8-10)16(23)30-12(15)7-9/h9-12,15H,1-8H2,(H,25,26,27)/p-1. The zero-order valence-electron chi connectivity index (χ0n) is 16.7. The van der Waals surface area contributed by atoms with Crippen LogP contribution in [0.2, 0.25) is 0 Å². The monoisotopic (exact) mass is 483 g/mol. The highest BCUT2D eigenvalue weighted by Gasteiger charge is 2.51. The van der Waals surface area contributed by atoms with Crippen LogP contribution in [-0.4, -0.2) is 67.5 Å². The summed E-state index contributed by atoms with van der Waals surface area (Å²) in [5.41, 5.74) is 0. The van der Waals surface area contributed by atoms with Crippen molar-refractivity contribution >= 4 is 34.0 Å². The zero-order chi connectivity index (χ0) is 23.7. The van der Waals surface area contributed by atoms with E-state index < -0.39 is 65.1 Å². The minimum atomic E-state index is -6.24. The highest BCUT2D eigenvalue weighted by molar-refractivity contribution is 7.87. The molecule has 0 aromatic rings. The Kier molecular flexibility index (Phi) is 7.03. The van der Waals surface area contributed by atoms with Crippen LogP contribution >= 0.6 is 0 Å². The average molecular weight is 483 g/mol. The van der Waals surface area contributed by atoms with Gasteiger partial charge in [0, 0.05) is 5.92 Å². The molecule has 4 rings (SSSR count). The van der Waals surface area contributed by atoms with Crippen molar-refractivity contribution in [3.05, 3.63) is 0 Å². The van der Waals surface area contributed by atoms with Gasteiger partial charge in [0.1, 0.15) is 25.4 Å². The van der Waals surface area contributed by atoms with E-state index >= 15 is 0 Å². The molecule has 4 bridgehead atoms. The predicted octanol–water partition coefficient (Wildman–Crippen LogP) is 0.264. The number of esters is 4. The Bertz CT molecular complexity index is 887. The maximum Gasteiger partial charge on any atom is 0.428 e. The lowest BCUT2D eigenvalue weighted by Gasteiger charge is -2.41. The van der Waals surface area contributed by atoms with E-state index in [2.05, 4.69) is 9.47 Å². The fourth-order valence-electron chi connectivity index (χ4n) is 4.40. The van der Waals surface area contributed by atoms with E-state index in [1.54, 1.807) is 0 Å². The Labute approximate surface area is 181 Å². The Morgan fingerprint density at radius 2 is 1.69 bits per heavy atom. The number of alkyl halides is 2. The van der Waals surface area contributed by atoms with Gasteiger partial charge in [0.05, 0.1) is 18.8 Å². The van der Waals surface area contributed by atoms with Crippen LogP contribution in [0.15, 0.2) is 0 Å². The number of hydrogen-bond acceptors (Lipinski definition) is 11. The molecule has 2 saturated heterocycles. The smallest absolute Gasteiger partial charge is 0.428 e. The molecule has 32 heavy (non-hydrogen) atoms. The van der Waals surface area contributed by atoms with Crippen molar-refractivity contribution < 1.29 is 59.9 Å². The molecule has 14 heteroatoms. The molecule has 0 aromatic heterocycles. The molecule has 0 radical (unpaired) electrons. The first-order valence-corrected chi connectivity index (χ1v) is 11.4. The number of hydrogen-bond donors (Lipinski definition) is 0. The average Bonchev–Trinajstić information content (AvgIpc) is 2.86. The summed E-state index contributed by atoms with van der Waals surface area (Å²) in [5.74, 6) is -4.26. The third-order valence-corrected chi connectivity index (χ3v) is 6.57. The van der Waals surface area contributed by atoms with Gasteiger partial charge >= 0.3 is 29.1 Å². The minimum Gasteiger partial charge on any atom is -0.743 e. The topological polar surface area (TPSA) is 162 Å². The maximum absolute atomic E-state index is 12.9. The first kappa shape index (κ1) is 24.3. The molecule has 11 nitrogen and oxygen atoms in total. The van der Waals surface area contributed by atoms with Crippen LogP contribution in [0.4, 0.5) is 8.78 Å². The first-order valence-electron chi connectivity index (χ1n) is 9.94. The third kappa shape index (κ3) is 5.34. The molecule has 4 aliphatic rings. The summed E-state index contributed by atoms with van der Waals surface area (Å²) in [7, 11) is -6.24. The Hall–Kier alpha value is -2.35. The van der Waals surface area contributed by atoms with Gasteiger partial charge in [0.15, 0.2) is 10.1 Å². The molecule has 0 aromatic carbocycles. The first-order chi connectivity index (χ1) is 14.9. The molecule has 0 spiro atoms. The molecule has 0 N–H and O–H groups in total. The quantitative estimate of drug-likeness (QED) is 0.191. The van der Waals surface area contributed by atoms with Crippen molar-refractivity contribution in [2.75, 3.05) is 13.2 Å². The fraction of sp³-hybridized carbons (Fsp3) is 0.778.